The molecular formula is C31H23F6N3O4. The fourth-order valence-electron chi connectivity index (χ4n) is 4.60. The number of nitrogens with zero attached hydrogens (tertiary/aromatic N) is 3. The molecule has 5 rings (SSSR count). The van der Waals surface area contributed by atoms with Crippen molar-refractivity contribution in [3.05, 3.63) is 112 Å². The van der Waals surface area contributed by atoms with E-state index in [4.69, 9.17) is 9.47 Å². The Bertz CT molecular complexity index is 1860. The normalized spacial score (nSPS) is 11.7. The third kappa shape index (κ3) is 6.52. The predicted molar refractivity (Wildman–Crippen MR) is 147 cm³/mol. The lowest BCUT2D eigenvalue weighted by molar-refractivity contribution is -0.137. The monoisotopic (exact) mass is 615 g/mol. The zero-order valence-electron chi connectivity index (χ0n) is 23.0. The molecule has 5 aromatic rings. The molecule has 2 heterocycles. The lowest BCUT2D eigenvalue weighted by Crippen LogP contribution is -2.10. The molecule has 1 N–H and O–H groups in total. The molecule has 13 heteroatoms. The molecule has 0 atom stereocenters. The summed E-state index contributed by atoms with van der Waals surface area (Å²) in [6.07, 6.45) is -4.81. The number of methoxy groups -OCH3 is 1. The number of aromatic nitrogens is 3. The number of carboxylic acids is 1. The van der Waals surface area contributed by atoms with Crippen LogP contribution in [0.15, 0.2) is 66.7 Å². The molecule has 0 aliphatic heterocycles. The Morgan fingerprint density at radius 2 is 1.68 bits per heavy atom. The molecule has 0 bridgehead atoms. The lowest BCUT2D eigenvalue weighted by Gasteiger charge is -2.12. The summed E-state index contributed by atoms with van der Waals surface area (Å²) in [5.41, 5.74) is -0.441. The molecule has 0 unspecified atom stereocenters. The molecule has 44 heavy (non-hydrogen) atoms. The lowest BCUT2D eigenvalue weighted by atomic mass is 10.0. The van der Waals surface area contributed by atoms with Crippen LogP contribution in [0.2, 0.25) is 0 Å². The topological polar surface area (TPSA) is 86.5 Å². The zero-order valence-corrected chi connectivity index (χ0v) is 23.0. The molecule has 0 aliphatic rings. The van der Waals surface area contributed by atoms with E-state index in [1.807, 2.05) is 0 Å². The predicted octanol–water partition coefficient (Wildman–Crippen LogP) is 7.05. The summed E-state index contributed by atoms with van der Waals surface area (Å²) in [6, 6.07) is 12.7. The highest BCUT2D eigenvalue weighted by molar-refractivity contribution is 5.92. The molecular weight excluding hydrogens is 592 g/mol. The Morgan fingerprint density at radius 3 is 2.39 bits per heavy atom. The van der Waals surface area contributed by atoms with Gasteiger partial charge in [-0.25, -0.2) is 27.9 Å². The first-order valence-corrected chi connectivity index (χ1v) is 13.1. The smallest absolute Gasteiger partial charge is 0.416 e. The number of ether oxygens (including phenoxy) is 2. The second-order valence-electron chi connectivity index (χ2n) is 9.74. The summed E-state index contributed by atoms with van der Waals surface area (Å²) >= 11 is 0. The number of carbonyl (C=O) groups is 1. The van der Waals surface area contributed by atoms with Crippen molar-refractivity contribution in [3.63, 3.8) is 0 Å². The number of hydrogen-bond donors (Lipinski definition) is 1. The second-order valence-corrected chi connectivity index (χ2v) is 9.74. The van der Waals surface area contributed by atoms with Gasteiger partial charge in [0, 0.05) is 37.3 Å². The van der Waals surface area contributed by atoms with E-state index < -0.39 is 41.8 Å². The highest BCUT2D eigenvalue weighted by Crippen LogP contribution is 2.31. The molecule has 0 fully saturated rings. The number of hydrogen-bond acceptors (Lipinski definition) is 5. The number of pyridine rings is 1. The standard InChI is InChI=1S/C31H23F6N3O4/c1-43-10-9-40-27-12-17(30(41)42)6-8-26(27)38-28(40)13-19-11-24(34)21(15-23(19)33)25-3-2-4-29(39-25)44-16-18-5-7-20(14-22(18)32)31(35,36)37/h2-8,11-12,14-15H,9-10,13,16H2,1H3,(H,41,42). The van der Waals surface area contributed by atoms with Crippen molar-refractivity contribution in [2.75, 3.05) is 13.7 Å². The van der Waals surface area contributed by atoms with Gasteiger partial charge in [0.05, 0.1) is 34.5 Å². The van der Waals surface area contributed by atoms with E-state index in [1.54, 1.807) is 4.57 Å². The number of halogens is 6. The molecule has 3 aromatic carbocycles. The van der Waals surface area contributed by atoms with Gasteiger partial charge in [-0.15, -0.1) is 0 Å². The number of carboxylic acid groups (broad SMARTS) is 1. The summed E-state index contributed by atoms with van der Waals surface area (Å²) in [6.45, 7) is 0.107. The SMILES string of the molecule is COCCn1c(Cc2cc(F)c(-c3cccc(OCc4ccc(C(F)(F)F)cc4F)n3)cc2F)nc2ccc(C(=O)O)cc21. The summed E-state index contributed by atoms with van der Waals surface area (Å²) in [5.74, 6) is -3.50. The van der Waals surface area contributed by atoms with Gasteiger partial charge in [0.25, 0.3) is 0 Å². The first kappa shape index (κ1) is 30.5. The van der Waals surface area contributed by atoms with Gasteiger partial charge < -0.3 is 19.1 Å². The minimum Gasteiger partial charge on any atom is -0.478 e. The van der Waals surface area contributed by atoms with Crippen molar-refractivity contribution >= 4 is 17.0 Å². The first-order valence-electron chi connectivity index (χ1n) is 13.1. The quantitative estimate of drug-likeness (QED) is 0.170. The molecule has 0 aliphatic carbocycles. The average Bonchev–Trinajstić information content (AvgIpc) is 3.32. The first-order chi connectivity index (χ1) is 20.9. The minimum atomic E-state index is -4.70. The summed E-state index contributed by atoms with van der Waals surface area (Å²) in [7, 11) is 1.50. The van der Waals surface area contributed by atoms with Crippen LogP contribution in [0.25, 0.3) is 22.3 Å². The van der Waals surface area contributed by atoms with Crippen LogP contribution in [0, 0.1) is 17.5 Å². The third-order valence-corrected chi connectivity index (χ3v) is 6.83. The van der Waals surface area contributed by atoms with Crippen molar-refractivity contribution in [2.45, 2.75) is 25.7 Å². The van der Waals surface area contributed by atoms with Crippen LogP contribution in [-0.2, 0) is 30.5 Å². The van der Waals surface area contributed by atoms with Crippen LogP contribution in [0.1, 0.15) is 32.9 Å². The van der Waals surface area contributed by atoms with Crippen LogP contribution in [0.3, 0.4) is 0 Å². The summed E-state index contributed by atoms with van der Waals surface area (Å²) < 4.78 is 95.6. The Labute approximate surface area is 246 Å². The van der Waals surface area contributed by atoms with Crippen LogP contribution in [0.5, 0.6) is 5.88 Å². The van der Waals surface area contributed by atoms with Crippen LogP contribution in [0.4, 0.5) is 26.3 Å². The van der Waals surface area contributed by atoms with E-state index in [2.05, 4.69) is 9.97 Å². The number of rotatable bonds is 10. The van der Waals surface area contributed by atoms with Crippen molar-refractivity contribution in [1.82, 2.24) is 14.5 Å². The number of benzene rings is 3. The van der Waals surface area contributed by atoms with E-state index in [1.165, 1.54) is 43.5 Å². The fourth-order valence-corrected chi connectivity index (χ4v) is 4.60. The molecule has 7 nitrogen and oxygen atoms in total. The fraction of sp³-hybridized carbons (Fsp3) is 0.194. The number of fused-ring (bicyclic) bond motifs is 1. The third-order valence-electron chi connectivity index (χ3n) is 6.83. The van der Waals surface area contributed by atoms with Crippen LogP contribution >= 0.6 is 0 Å². The Hall–Kier alpha value is -4.91. The van der Waals surface area contributed by atoms with Crippen molar-refractivity contribution in [3.8, 4) is 17.1 Å². The van der Waals surface area contributed by atoms with Gasteiger partial charge in [0.2, 0.25) is 5.88 Å². The van der Waals surface area contributed by atoms with Crippen molar-refractivity contribution in [1.29, 1.82) is 0 Å². The van der Waals surface area contributed by atoms with Gasteiger partial charge in [-0.2, -0.15) is 13.2 Å². The number of aromatic carboxylic acids is 1. The Morgan fingerprint density at radius 1 is 0.909 bits per heavy atom. The highest BCUT2D eigenvalue weighted by atomic mass is 19.4. The van der Waals surface area contributed by atoms with Crippen molar-refractivity contribution < 1.29 is 45.7 Å². The molecule has 0 saturated heterocycles. The second kappa shape index (κ2) is 12.4. The summed E-state index contributed by atoms with van der Waals surface area (Å²) in [4.78, 5) is 20.1. The zero-order chi connectivity index (χ0) is 31.6. The van der Waals surface area contributed by atoms with Gasteiger partial charge in [-0.1, -0.05) is 12.1 Å². The minimum absolute atomic E-state index is 0.00637. The van der Waals surface area contributed by atoms with Crippen molar-refractivity contribution in [2.24, 2.45) is 0 Å². The van der Waals surface area contributed by atoms with Crippen LogP contribution in [-0.4, -0.2) is 39.3 Å². The maximum atomic E-state index is 15.4. The maximum absolute atomic E-state index is 15.4. The number of imidazole rings is 1. The van der Waals surface area contributed by atoms with Gasteiger partial charge in [-0.3, -0.25) is 0 Å². The molecule has 2 aromatic heterocycles. The maximum Gasteiger partial charge on any atom is 0.416 e. The summed E-state index contributed by atoms with van der Waals surface area (Å²) in [5, 5.41) is 9.38. The van der Waals surface area contributed by atoms with E-state index in [9.17, 15) is 27.5 Å². The van der Waals surface area contributed by atoms with E-state index in [-0.39, 0.29) is 46.9 Å². The van der Waals surface area contributed by atoms with Gasteiger partial charge in [0.15, 0.2) is 0 Å². The van der Waals surface area contributed by atoms with Gasteiger partial charge >= 0.3 is 12.1 Å². The Balaban J connectivity index is 1.38. The van der Waals surface area contributed by atoms with E-state index in [0.29, 0.717) is 29.5 Å². The Kier molecular flexibility index (Phi) is 8.59. The number of alkyl halides is 3. The molecule has 0 radical (unpaired) electrons. The largest absolute Gasteiger partial charge is 0.478 e. The highest BCUT2D eigenvalue weighted by Gasteiger charge is 2.31. The molecule has 0 saturated carbocycles. The van der Waals surface area contributed by atoms with Gasteiger partial charge in [-0.05, 0) is 54.1 Å². The van der Waals surface area contributed by atoms with Crippen LogP contribution < -0.4 is 4.74 Å². The van der Waals surface area contributed by atoms with Gasteiger partial charge in [0.1, 0.15) is 29.9 Å². The van der Waals surface area contributed by atoms with E-state index in [0.717, 1.165) is 24.3 Å². The average molecular weight is 616 g/mol. The van der Waals surface area contributed by atoms with E-state index >= 15 is 8.78 Å². The molecule has 0 spiro atoms. The molecule has 228 valence electrons. The molecule has 0 amide bonds.